The molecule has 1 aromatic heterocycles. The van der Waals surface area contributed by atoms with Crippen LogP contribution in [-0.2, 0) is 6.54 Å². The minimum absolute atomic E-state index is 0.462. The van der Waals surface area contributed by atoms with E-state index in [0.29, 0.717) is 6.73 Å². The summed E-state index contributed by atoms with van der Waals surface area (Å²) >= 11 is 0. The first-order chi connectivity index (χ1) is 12.9. The molecule has 1 heterocycles. The van der Waals surface area contributed by atoms with Crippen LogP contribution in [0.25, 0.3) is 21.8 Å². The fraction of sp³-hybridized carbons (Fsp3) is 0.130. The third-order valence-corrected chi connectivity index (χ3v) is 4.56. The maximum Gasteiger partial charge on any atom is 0.139 e. The lowest BCUT2D eigenvalue weighted by Crippen LogP contribution is -2.19. The van der Waals surface area contributed by atoms with Crippen molar-refractivity contribution < 1.29 is 4.74 Å². The number of rotatable bonds is 7. The quantitative estimate of drug-likeness (QED) is 0.292. The van der Waals surface area contributed by atoms with Gasteiger partial charge in [0.05, 0.1) is 5.52 Å². The lowest BCUT2D eigenvalue weighted by Gasteiger charge is -2.10. The van der Waals surface area contributed by atoms with Crippen molar-refractivity contribution in [3.05, 3.63) is 91.0 Å². The molecule has 0 fully saturated rings. The van der Waals surface area contributed by atoms with E-state index in [1.165, 1.54) is 27.4 Å². The fourth-order valence-electron chi connectivity index (χ4n) is 3.41. The molecule has 26 heavy (non-hydrogen) atoms. The maximum absolute atomic E-state index is 6.02. The lowest BCUT2D eigenvalue weighted by atomic mass is 10.1. The number of hydrogen-bond acceptors (Lipinski definition) is 2. The molecule has 0 bridgehead atoms. The summed E-state index contributed by atoms with van der Waals surface area (Å²) in [5.74, 6) is 0.905. The summed E-state index contributed by atoms with van der Waals surface area (Å²) in [5, 5.41) is 5.58. The standard InChI is InChI=1S/C23H22N2O/c1-2-15-24-17-26-22-14-8-13-21-23(22)19-11-6-7-12-20(19)25(21)16-18-9-4-3-5-10-18/h2-14,24H,1,15-17H2. The van der Waals surface area contributed by atoms with Gasteiger partial charge in [0.25, 0.3) is 0 Å². The number of nitrogens with zero attached hydrogens (tertiary/aromatic N) is 1. The van der Waals surface area contributed by atoms with Gasteiger partial charge >= 0.3 is 0 Å². The highest BCUT2D eigenvalue weighted by molar-refractivity contribution is 6.11. The van der Waals surface area contributed by atoms with Crippen molar-refractivity contribution in [1.29, 1.82) is 0 Å². The van der Waals surface area contributed by atoms with Crippen LogP contribution < -0.4 is 10.1 Å². The molecule has 3 nitrogen and oxygen atoms in total. The molecular weight excluding hydrogens is 320 g/mol. The summed E-state index contributed by atoms with van der Waals surface area (Å²) in [4.78, 5) is 0. The molecular formula is C23H22N2O. The number of hydrogen-bond donors (Lipinski definition) is 1. The van der Waals surface area contributed by atoms with Crippen LogP contribution in [-0.4, -0.2) is 17.8 Å². The van der Waals surface area contributed by atoms with Gasteiger partial charge in [-0.1, -0.05) is 60.7 Å². The van der Waals surface area contributed by atoms with Gasteiger partial charge in [0.1, 0.15) is 12.5 Å². The van der Waals surface area contributed by atoms with Gasteiger partial charge in [-0.2, -0.15) is 0 Å². The summed E-state index contributed by atoms with van der Waals surface area (Å²) in [6.07, 6.45) is 1.83. The number of aromatic nitrogens is 1. The Hall–Kier alpha value is -3.04. The van der Waals surface area contributed by atoms with Crippen LogP contribution in [0.5, 0.6) is 5.75 Å². The molecule has 4 rings (SSSR count). The molecule has 0 unspecified atom stereocenters. The van der Waals surface area contributed by atoms with Crippen molar-refractivity contribution in [3.8, 4) is 5.75 Å². The molecule has 0 aliphatic heterocycles. The van der Waals surface area contributed by atoms with Crippen LogP contribution in [0.3, 0.4) is 0 Å². The Balaban J connectivity index is 1.82. The largest absolute Gasteiger partial charge is 0.478 e. The average molecular weight is 342 g/mol. The van der Waals surface area contributed by atoms with Gasteiger partial charge in [0.2, 0.25) is 0 Å². The highest BCUT2D eigenvalue weighted by Crippen LogP contribution is 2.36. The monoisotopic (exact) mass is 342 g/mol. The Labute approximate surface area is 153 Å². The van der Waals surface area contributed by atoms with Gasteiger partial charge in [-0.3, -0.25) is 5.32 Å². The molecule has 0 aliphatic rings. The Morgan fingerprint density at radius 1 is 0.885 bits per heavy atom. The topological polar surface area (TPSA) is 26.2 Å². The number of fused-ring (bicyclic) bond motifs is 3. The lowest BCUT2D eigenvalue weighted by molar-refractivity contribution is 0.293. The molecule has 0 saturated carbocycles. The molecule has 0 aliphatic carbocycles. The highest BCUT2D eigenvalue weighted by atomic mass is 16.5. The van der Waals surface area contributed by atoms with Gasteiger partial charge in [0, 0.05) is 29.4 Å². The van der Waals surface area contributed by atoms with E-state index in [-0.39, 0.29) is 0 Å². The normalized spacial score (nSPS) is 11.1. The van der Waals surface area contributed by atoms with E-state index < -0.39 is 0 Å². The van der Waals surface area contributed by atoms with E-state index in [0.717, 1.165) is 18.8 Å². The molecule has 1 N–H and O–H groups in total. The highest BCUT2D eigenvalue weighted by Gasteiger charge is 2.14. The van der Waals surface area contributed by atoms with Gasteiger partial charge in [-0.05, 0) is 23.8 Å². The first kappa shape index (κ1) is 16.4. The SMILES string of the molecule is C=CCNCOc1cccc2c1c1ccccc1n2Cc1ccccc1. The summed E-state index contributed by atoms with van der Waals surface area (Å²) < 4.78 is 8.39. The Kier molecular flexibility index (Phi) is 4.71. The second-order valence-electron chi connectivity index (χ2n) is 6.27. The van der Waals surface area contributed by atoms with E-state index >= 15 is 0 Å². The smallest absolute Gasteiger partial charge is 0.139 e. The van der Waals surface area contributed by atoms with E-state index in [1.54, 1.807) is 0 Å². The maximum atomic E-state index is 6.02. The summed E-state index contributed by atoms with van der Waals surface area (Å²) in [6.45, 7) is 5.74. The van der Waals surface area contributed by atoms with Crippen LogP contribution in [0.1, 0.15) is 5.56 Å². The molecule has 0 atom stereocenters. The molecule has 0 spiro atoms. The zero-order valence-electron chi connectivity index (χ0n) is 14.7. The number of benzene rings is 3. The van der Waals surface area contributed by atoms with Crippen molar-refractivity contribution in [2.75, 3.05) is 13.3 Å². The van der Waals surface area contributed by atoms with Crippen LogP contribution >= 0.6 is 0 Å². The van der Waals surface area contributed by atoms with Crippen molar-refractivity contribution in [3.63, 3.8) is 0 Å². The fourth-order valence-corrected chi connectivity index (χ4v) is 3.41. The predicted octanol–water partition coefficient (Wildman–Crippen LogP) is 4.95. The Bertz CT molecular complexity index is 1030. The summed E-state index contributed by atoms with van der Waals surface area (Å²) in [5.41, 5.74) is 3.70. The molecule has 4 aromatic rings. The van der Waals surface area contributed by atoms with E-state index in [2.05, 4.69) is 83.2 Å². The molecule has 0 radical (unpaired) electrons. The van der Waals surface area contributed by atoms with E-state index in [4.69, 9.17) is 4.74 Å². The molecule has 130 valence electrons. The second-order valence-corrected chi connectivity index (χ2v) is 6.27. The number of para-hydroxylation sites is 1. The first-order valence-corrected chi connectivity index (χ1v) is 8.87. The van der Waals surface area contributed by atoms with Gasteiger partial charge in [-0.15, -0.1) is 6.58 Å². The number of ether oxygens (including phenoxy) is 1. The molecule has 3 aromatic carbocycles. The molecule has 0 saturated heterocycles. The van der Waals surface area contributed by atoms with Gasteiger partial charge in [-0.25, -0.2) is 0 Å². The first-order valence-electron chi connectivity index (χ1n) is 8.87. The molecule has 3 heteroatoms. The summed E-state index contributed by atoms with van der Waals surface area (Å²) in [7, 11) is 0. The number of nitrogens with one attached hydrogen (secondary N) is 1. The minimum atomic E-state index is 0.462. The Morgan fingerprint density at radius 2 is 1.65 bits per heavy atom. The van der Waals surface area contributed by atoms with Gasteiger partial charge in [0.15, 0.2) is 0 Å². The van der Waals surface area contributed by atoms with Crippen molar-refractivity contribution in [2.45, 2.75) is 6.54 Å². The van der Waals surface area contributed by atoms with Gasteiger partial charge < -0.3 is 9.30 Å². The van der Waals surface area contributed by atoms with Crippen LogP contribution in [0.2, 0.25) is 0 Å². The third-order valence-electron chi connectivity index (χ3n) is 4.56. The third kappa shape index (κ3) is 3.09. The predicted molar refractivity (Wildman–Crippen MR) is 109 cm³/mol. The van der Waals surface area contributed by atoms with E-state index in [9.17, 15) is 0 Å². The van der Waals surface area contributed by atoms with E-state index in [1.807, 2.05) is 12.1 Å². The second kappa shape index (κ2) is 7.46. The Morgan fingerprint density at radius 3 is 2.50 bits per heavy atom. The molecule has 0 amide bonds. The summed E-state index contributed by atoms with van der Waals surface area (Å²) in [6, 6.07) is 25.4. The zero-order chi connectivity index (χ0) is 17.8. The van der Waals surface area contributed by atoms with Crippen molar-refractivity contribution in [1.82, 2.24) is 9.88 Å². The average Bonchev–Trinajstić information content (AvgIpc) is 3.01. The zero-order valence-corrected chi connectivity index (χ0v) is 14.7. The van der Waals surface area contributed by atoms with Crippen molar-refractivity contribution in [2.24, 2.45) is 0 Å². The van der Waals surface area contributed by atoms with Crippen LogP contribution in [0.15, 0.2) is 85.5 Å². The minimum Gasteiger partial charge on any atom is -0.478 e. The van der Waals surface area contributed by atoms with Crippen LogP contribution in [0, 0.1) is 0 Å². The van der Waals surface area contributed by atoms with Crippen LogP contribution in [0.4, 0.5) is 0 Å². The van der Waals surface area contributed by atoms with Crippen molar-refractivity contribution >= 4 is 21.8 Å².